The SMILES string of the molecule is CC(C)NC(N)=NC1CCC(C(=O)OC(C)(C)C)CC1.I. The van der Waals surface area contributed by atoms with E-state index in [0.29, 0.717) is 5.96 Å². The fourth-order valence-electron chi connectivity index (χ4n) is 2.36. The maximum absolute atomic E-state index is 12.0. The van der Waals surface area contributed by atoms with E-state index in [4.69, 9.17) is 10.5 Å². The lowest BCUT2D eigenvalue weighted by Crippen LogP contribution is -2.38. The van der Waals surface area contributed by atoms with Gasteiger partial charge in [0, 0.05) is 6.04 Å². The van der Waals surface area contributed by atoms with E-state index in [-0.39, 0.29) is 47.9 Å². The second-order valence-corrected chi connectivity index (χ2v) is 6.85. The summed E-state index contributed by atoms with van der Waals surface area (Å²) in [6.07, 6.45) is 3.45. The lowest BCUT2D eigenvalue weighted by atomic mass is 9.86. The summed E-state index contributed by atoms with van der Waals surface area (Å²) in [6, 6.07) is 0.511. The van der Waals surface area contributed by atoms with Gasteiger partial charge >= 0.3 is 5.97 Å². The quantitative estimate of drug-likeness (QED) is 0.324. The Morgan fingerprint density at radius 3 is 2.19 bits per heavy atom. The number of rotatable bonds is 3. The van der Waals surface area contributed by atoms with Gasteiger partial charge in [-0.2, -0.15) is 0 Å². The molecular weight excluding hydrogens is 381 g/mol. The van der Waals surface area contributed by atoms with Crippen LogP contribution in [0.1, 0.15) is 60.3 Å². The lowest BCUT2D eigenvalue weighted by Gasteiger charge is -2.28. The van der Waals surface area contributed by atoms with Crippen LogP contribution in [0.4, 0.5) is 0 Å². The minimum atomic E-state index is -0.405. The average Bonchev–Trinajstić information content (AvgIpc) is 2.26. The number of guanidine groups is 1. The third-order valence-corrected chi connectivity index (χ3v) is 3.20. The average molecular weight is 411 g/mol. The molecule has 1 saturated carbocycles. The van der Waals surface area contributed by atoms with Crippen LogP contribution in [-0.4, -0.2) is 29.6 Å². The molecule has 1 aliphatic rings. The molecule has 1 rings (SSSR count). The van der Waals surface area contributed by atoms with Crippen LogP contribution in [0.15, 0.2) is 4.99 Å². The number of hydrogen-bond donors (Lipinski definition) is 2. The van der Waals surface area contributed by atoms with Crippen molar-refractivity contribution in [1.82, 2.24) is 5.32 Å². The van der Waals surface area contributed by atoms with Crippen LogP contribution in [0.2, 0.25) is 0 Å². The molecule has 0 aromatic heterocycles. The predicted molar refractivity (Wildman–Crippen MR) is 96.9 cm³/mol. The molecule has 0 atom stereocenters. The van der Waals surface area contributed by atoms with Gasteiger partial charge in [0.25, 0.3) is 0 Å². The van der Waals surface area contributed by atoms with Crippen LogP contribution in [0, 0.1) is 5.92 Å². The number of esters is 1. The van der Waals surface area contributed by atoms with Gasteiger partial charge in [-0.3, -0.25) is 9.79 Å². The summed E-state index contributed by atoms with van der Waals surface area (Å²) < 4.78 is 5.43. The standard InChI is InChI=1S/C15H29N3O2.HI/c1-10(2)17-14(16)18-12-8-6-11(7-9-12)13(19)20-15(3,4)5;/h10-12H,6-9H2,1-5H3,(H3,16,17,18);1H. The van der Waals surface area contributed by atoms with Gasteiger partial charge in [-0.25, -0.2) is 0 Å². The molecule has 21 heavy (non-hydrogen) atoms. The number of carbonyl (C=O) groups excluding carboxylic acids is 1. The molecular formula is C15H30IN3O2. The zero-order chi connectivity index (χ0) is 15.3. The van der Waals surface area contributed by atoms with Crippen molar-refractivity contribution in [2.75, 3.05) is 0 Å². The van der Waals surface area contributed by atoms with Gasteiger partial charge in [-0.05, 0) is 60.3 Å². The first-order valence-corrected chi connectivity index (χ1v) is 7.50. The Morgan fingerprint density at radius 2 is 1.76 bits per heavy atom. The van der Waals surface area contributed by atoms with Crippen LogP contribution in [0.25, 0.3) is 0 Å². The summed E-state index contributed by atoms with van der Waals surface area (Å²) >= 11 is 0. The zero-order valence-electron chi connectivity index (χ0n) is 13.8. The Bertz CT molecular complexity index is 356. The maximum atomic E-state index is 12.0. The molecule has 0 aromatic rings. The summed E-state index contributed by atoms with van der Waals surface area (Å²) in [4.78, 5) is 16.5. The topological polar surface area (TPSA) is 76.7 Å². The third-order valence-electron chi connectivity index (χ3n) is 3.20. The summed E-state index contributed by atoms with van der Waals surface area (Å²) in [5.41, 5.74) is 5.43. The molecule has 1 fully saturated rings. The second-order valence-electron chi connectivity index (χ2n) is 6.85. The number of hydrogen-bond acceptors (Lipinski definition) is 3. The molecule has 0 radical (unpaired) electrons. The van der Waals surface area contributed by atoms with Gasteiger partial charge in [0.05, 0.1) is 12.0 Å². The van der Waals surface area contributed by atoms with E-state index in [1.54, 1.807) is 0 Å². The van der Waals surface area contributed by atoms with Crippen molar-refractivity contribution in [3.63, 3.8) is 0 Å². The molecule has 0 aliphatic heterocycles. The third kappa shape index (κ3) is 8.48. The zero-order valence-corrected chi connectivity index (χ0v) is 16.1. The monoisotopic (exact) mass is 411 g/mol. The first kappa shape index (κ1) is 20.5. The Balaban J connectivity index is 0.00000400. The lowest BCUT2D eigenvalue weighted by molar-refractivity contribution is -0.161. The Morgan fingerprint density at radius 1 is 1.24 bits per heavy atom. The highest BCUT2D eigenvalue weighted by molar-refractivity contribution is 14.0. The summed E-state index contributed by atoms with van der Waals surface area (Å²) in [7, 11) is 0. The van der Waals surface area contributed by atoms with Crippen molar-refractivity contribution in [2.24, 2.45) is 16.6 Å². The van der Waals surface area contributed by atoms with E-state index in [0.717, 1.165) is 25.7 Å². The van der Waals surface area contributed by atoms with E-state index in [9.17, 15) is 4.79 Å². The molecule has 5 nitrogen and oxygen atoms in total. The van der Waals surface area contributed by atoms with Gasteiger partial charge in [-0.15, -0.1) is 24.0 Å². The van der Waals surface area contributed by atoms with Gasteiger partial charge < -0.3 is 15.8 Å². The molecule has 0 aromatic carbocycles. The summed E-state index contributed by atoms with van der Waals surface area (Å²) in [6.45, 7) is 9.76. The van der Waals surface area contributed by atoms with Crippen molar-refractivity contribution < 1.29 is 9.53 Å². The van der Waals surface area contributed by atoms with Crippen LogP contribution >= 0.6 is 24.0 Å². The molecule has 124 valence electrons. The molecule has 0 amide bonds. The number of nitrogens with one attached hydrogen (secondary N) is 1. The molecule has 0 heterocycles. The highest BCUT2D eigenvalue weighted by Crippen LogP contribution is 2.28. The minimum Gasteiger partial charge on any atom is -0.460 e. The first-order valence-electron chi connectivity index (χ1n) is 7.50. The molecule has 0 spiro atoms. The number of aliphatic imine (C=N–C) groups is 1. The van der Waals surface area contributed by atoms with Crippen LogP contribution in [0.5, 0.6) is 0 Å². The van der Waals surface area contributed by atoms with Crippen molar-refractivity contribution >= 4 is 35.9 Å². The van der Waals surface area contributed by atoms with Gasteiger partial charge in [-0.1, -0.05) is 0 Å². The van der Waals surface area contributed by atoms with E-state index in [1.807, 2.05) is 34.6 Å². The molecule has 0 unspecified atom stereocenters. The largest absolute Gasteiger partial charge is 0.460 e. The number of halogens is 1. The summed E-state index contributed by atoms with van der Waals surface area (Å²) in [5.74, 6) is 0.439. The fourth-order valence-corrected chi connectivity index (χ4v) is 2.36. The normalized spacial score (nSPS) is 23.4. The van der Waals surface area contributed by atoms with Crippen molar-refractivity contribution in [3.8, 4) is 0 Å². The number of ether oxygens (including phenoxy) is 1. The Labute approximate surface area is 145 Å². The highest BCUT2D eigenvalue weighted by Gasteiger charge is 2.29. The van der Waals surface area contributed by atoms with E-state index < -0.39 is 5.60 Å². The highest BCUT2D eigenvalue weighted by atomic mass is 127. The molecule has 3 N–H and O–H groups in total. The van der Waals surface area contributed by atoms with Crippen LogP contribution < -0.4 is 11.1 Å². The number of carbonyl (C=O) groups is 1. The molecule has 0 bridgehead atoms. The van der Waals surface area contributed by atoms with Crippen LogP contribution in [0.3, 0.4) is 0 Å². The van der Waals surface area contributed by atoms with Crippen molar-refractivity contribution in [2.45, 2.75) is 78.0 Å². The van der Waals surface area contributed by atoms with Crippen molar-refractivity contribution in [1.29, 1.82) is 0 Å². The van der Waals surface area contributed by atoms with E-state index >= 15 is 0 Å². The smallest absolute Gasteiger partial charge is 0.309 e. The van der Waals surface area contributed by atoms with Crippen LogP contribution in [-0.2, 0) is 9.53 Å². The van der Waals surface area contributed by atoms with Gasteiger partial charge in [0.15, 0.2) is 5.96 Å². The van der Waals surface area contributed by atoms with Crippen molar-refractivity contribution in [3.05, 3.63) is 0 Å². The first-order chi connectivity index (χ1) is 9.17. The Kier molecular flexibility index (Phi) is 8.58. The minimum absolute atomic E-state index is 0. The number of nitrogens with zero attached hydrogens (tertiary/aromatic N) is 1. The van der Waals surface area contributed by atoms with Gasteiger partial charge in [0.2, 0.25) is 0 Å². The summed E-state index contributed by atoms with van der Waals surface area (Å²) in [5, 5.41) is 3.09. The van der Waals surface area contributed by atoms with E-state index in [2.05, 4.69) is 10.3 Å². The molecule has 6 heteroatoms. The fraction of sp³-hybridized carbons (Fsp3) is 0.867. The van der Waals surface area contributed by atoms with E-state index in [1.165, 1.54) is 0 Å². The number of nitrogens with two attached hydrogens (primary N) is 1. The Hall–Kier alpha value is -0.530. The van der Waals surface area contributed by atoms with Gasteiger partial charge in [0.1, 0.15) is 5.60 Å². The predicted octanol–water partition coefficient (Wildman–Crippen LogP) is 2.82. The maximum Gasteiger partial charge on any atom is 0.309 e. The molecule has 0 saturated heterocycles. The second kappa shape index (κ2) is 8.80. The molecule has 1 aliphatic carbocycles.